The number of aromatic nitrogens is 2. The van der Waals surface area contributed by atoms with Crippen molar-refractivity contribution in [2.75, 3.05) is 37.6 Å². The highest BCUT2D eigenvalue weighted by atomic mass is 16.3. The second-order valence-corrected chi connectivity index (χ2v) is 5.43. The molecule has 1 aliphatic rings. The smallest absolute Gasteiger partial charge is 0.203 e. The zero-order valence-corrected chi connectivity index (χ0v) is 11.9. The number of aromatic amines is 1. The molecule has 0 amide bonds. The highest BCUT2D eigenvalue weighted by molar-refractivity contribution is 5.77. The predicted molar refractivity (Wildman–Crippen MR) is 81.0 cm³/mol. The third-order valence-corrected chi connectivity index (χ3v) is 3.99. The van der Waals surface area contributed by atoms with Gasteiger partial charge in [-0.15, -0.1) is 0 Å². The van der Waals surface area contributed by atoms with E-state index in [1.54, 1.807) is 0 Å². The van der Waals surface area contributed by atoms with Crippen LogP contribution in [0.25, 0.3) is 11.0 Å². The molecular formula is C15H22N4O. The third kappa shape index (κ3) is 2.78. The Labute approximate surface area is 119 Å². The van der Waals surface area contributed by atoms with Gasteiger partial charge < -0.3 is 15.0 Å². The number of hydrogen-bond acceptors (Lipinski definition) is 4. The number of fused-ring (bicyclic) bond motifs is 1. The van der Waals surface area contributed by atoms with Gasteiger partial charge in [0.2, 0.25) is 5.95 Å². The lowest BCUT2D eigenvalue weighted by atomic mass is 10.2. The zero-order valence-electron chi connectivity index (χ0n) is 11.9. The number of piperazine rings is 1. The number of para-hydroxylation sites is 2. The van der Waals surface area contributed by atoms with Gasteiger partial charge in [0.15, 0.2) is 0 Å². The van der Waals surface area contributed by atoms with Gasteiger partial charge in [-0.1, -0.05) is 19.1 Å². The van der Waals surface area contributed by atoms with Crippen LogP contribution >= 0.6 is 0 Å². The number of anilines is 1. The molecular weight excluding hydrogens is 252 g/mol. The van der Waals surface area contributed by atoms with Crippen molar-refractivity contribution < 1.29 is 5.11 Å². The van der Waals surface area contributed by atoms with E-state index < -0.39 is 0 Å². The van der Waals surface area contributed by atoms with E-state index in [1.807, 2.05) is 25.1 Å². The number of β-amino-alcohol motifs (C(OH)–C–C–N with tert-alkyl or cyclic N) is 1. The molecule has 2 aromatic rings. The first-order valence-electron chi connectivity index (χ1n) is 7.36. The minimum absolute atomic E-state index is 0.201. The first-order valence-corrected chi connectivity index (χ1v) is 7.36. The van der Waals surface area contributed by atoms with Gasteiger partial charge in [-0.05, 0) is 18.6 Å². The van der Waals surface area contributed by atoms with E-state index in [9.17, 15) is 5.11 Å². The lowest BCUT2D eigenvalue weighted by Crippen LogP contribution is -2.48. The molecule has 0 bridgehead atoms. The number of imidazole rings is 1. The molecule has 1 fully saturated rings. The Kier molecular flexibility index (Phi) is 3.89. The molecule has 5 heteroatoms. The van der Waals surface area contributed by atoms with E-state index in [0.29, 0.717) is 0 Å². The lowest BCUT2D eigenvalue weighted by molar-refractivity contribution is 0.106. The average Bonchev–Trinajstić information content (AvgIpc) is 2.91. The monoisotopic (exact) mass is 274 g/mol. The van der Waals surface area contributed by atoms with Crippen molar-refractivity contribution in [2.24, 2.45) is 0 Å². The summed E-state index contributed by atoms with van der Waals surface area (Å²) in [4.78, 5) is 12.6. The van der Waals surface area contributed by atoms with Crippen molar-refractivity contribution in [3.63, 3.8) is 0 Å². The first-order chi connectivity index (χ1) is 9.76. The fourth-order valence-corrected chi connectivity index (χ4v) is 2.66. The van der Waals surface area contributed by atoms with Crippen LogP contribution in [0.15, 0.2) is 24.3 Å². The number of rotatable bonds is 4. The van der Waals surface area contributed by atoms with Crippen LogP contribution in [0.1, 0.15) is 13.3 Å². The minimum atomic E-state index is -0.201. The first kappa shape index (κ1) is 13.4. The van der Waals surface area contributed by atoms with Crippen LogP contribution < -0.4 is 4.90 Å². The van der Waals surface area contributed by atoms with E-state index in [-0.39, 0.29) is 6.10 Å². The Balaban J connectivity index is 1.63. The fourth-order valence-electron chi connectivity index (χ4n) is 2.66. The Bertz CT molecular complexity index is 527. The molecule has 2 N–H and O–H groups in total. The normalized spacial score (nSPS) is 18.6. The summed E-state index contributed by atoms with van der Waals surface area (Å²) in [5.74, 6) is 0.960. The van der Waals surface area contributed by atoms with Crippen molar-refractivity contribution >= 4 is 17.0 Å². The highest BCUT2D eigenvalue weighted by Crippen LogP contribution is 2.18. The molecule has 3 rings (SSSR count). The number of aliphatic hydroxyl groups is 1. The van der Waals surface area contributed by atoms with Crippen LogP contribution in [0, 0.1) is 0 Å². The van der Waals surface area contributed by atoms with Gasteiger partial charge in [0.1, 0.15) is 0 Å². The summed E-state index contributed by atoms with van der Waals surface area (Å²) in [6.07, 6.45) is 0.622. The summed E-state index contributed by atoms with van der Waals surface area (Å²) in [5.41, 5.74) is 2.11. The van der Waals surface area contributed by atoms with Gasteiger partial charge in [0, 0.05) is 32.7 Å². The van der Waals surface area contributed by atoms with Crippen LogP contribution in [0.3, 0.4) is 0 Å². The van der Waals surface area contributed by atoms with Crippen molar-refractivity contribution in [3.05, 3.63) is 24.3 Å². The van der Waals surface area contributed by atoms with Gasteiger partial charge >= 0.3 is 0 Å². The summed E-state index contributed by atoms with van der Waals surface area (Å²) in [6, 6.07) is 8.12. The maximum Gasteiger partial charge on any atom is 0.203 e. The molecule has 1 atom stereocenters. The quantitative estimate of drug-likeness (QED) is 0.886. The van der Waals surface area contributed by atoms with E-state index in [4.69, 9.17) is 0 Å². The number of nitrogens with one attached hydrogen (secondary N) is 1. The summed E-state index contributed by atoms with van der Waals surface area (Å²) >= 11 is 0. The van der Waals surface area contributed by atoms with E-state index in [1.165, 1.54) is 0 Å². The Morgan fingerprint density at radius 1 is 1.25 bits per heavy atom. The molecule has 0 radical (unpaired) electrons. The van der Waals surface area contributed by atoms with Crippen LogP contribution in [0.5, 0.6) is 0 Å². The number of benzene rings is 1. The van der Waals surface area contributed by atoms with Crippen LogP contribution in [-0.2, 0) is 0 Å². The second-order valence-electron chi connectivity index (χ2n) is 5.43. The summed E-state index contributed by atoms with van der Waals surface area (Å²) < 4.78 is 0. The van der Waals surface area contributed by atoms with Gasteiger partial charge in [-0.25, -0.2) is 4.98 Å². The van der Waals surface area contributed by atoms with Crippen molar-refractivity contribution in [1.29, 1.82) is 0 Å². The van der Waals surface area contributed by atoms with Crippen LogP contribution in [0.4, 0.5) is 5.95 Å². The molecule has 0 aliphatic carbocycles. The fraction of sp³-hybridized carbons (Fsp3) is 0.533. The summed E-state index contributed by atoms with van der Waals surface area (Å²) in [5, 5.41) is 9.71. The summed E-state index contributed by atoms with van der Waals surface area (Å²) in [7, 11) is 0. The number of nitrogens with zero attached hydrogens (tertiary/aromatic N) is 3. The lowest BCUT2D eigenvalue weighted by Gasteiger charge is -2.35. The topological polar surface area (TPSA) is 55.4 Å². The Hall–Kier alpha value is -1.59. The molecule has 2 heterocycles. The molecule has 5 nitrogen and oxygen atoms in total. The molecule has 0 spiro atoms. The Morgan fingerprint density at radius 2 is 2.00 bits per heavy atom. The van der Waals surface area contributed by atoms with E-state index in [2.05, 4.69) is 25.8 Å². The minimum Gasteiger partial charge on any atom is -0.392 e. The predicted octanol–water partition coefficient (Wildman–Crippen LogP) is 1.46. The third-order valence-electron chi connectivity index (χ3n) is 3.99. The van der Waals surface area contributed by atoms with E-state index >= 15 is 0 Å². The zero-order chi connectivity index (χ0) is 13.9. The molecule has 1 saturated heterocycles. The van der Waals surface area contributed by atoms with Crippen molar-refractivity contribution in [3.8, 4) is 0 Å². The molecule has 1 aliphatic heterocycles. The molecule has 0 saturated carbocycles. The van der Waals surface area contributed by atoms with Gasteiger partial charge in [0.05, 0.1) is 17.1 Å². The molecule has 1 unspecified atom stereocenters. The molecule has 1 aromatic carbocycles. The van der Waals surface area contributed by atoms with Gasteiger partial charge in [-0.2, -0.15) is 0 Å². The maximum absolute atomic E-state index is 9.71. The number of aliphatic hydroxyl groups excluding tert-OH is 1. The standard InChI is InChI=1S/C15H22N4O/c1-2-12(20)11-18-7-9-19(10-8-18)15-16-13-5-3-4-6-14(13)17-15/h3-6,12,20H,2,7-11H2,1H3,(H,16,17). The number of hydrogen-bond donors (Lipinski definition) is 2. The van der Waals surface area contributed by atoms with Crippen LogP contribution in [-0.4, -0.2) is 58.8 Å². The van der Waals surface area contributed by atoms with Crippen molar-refractivity contribution in [1.82, 2.24) is 14.9 Å². The molecule has 20 heavy (non-hydrogen) atoms. The maximum atomic E-state index is 9.71. The Morgan fingerprint density at radius 3 is 2.70 bits per heavy atom. The van der Waals surface area contributed by atoms with Gasteiger partial charge in [0.25, 0.3) is 0 Å². The largest absolute Gasteiger partial charge is 0.392 e. The molecule has 108 valence electrons. The summed E-state index contributed by atoms with van der Waals surface area (Å²) in [6.45, 7) is 6.68. The number of H-pyrrole nitrogens is 1. The van der Waals surface area contributed by atoms with Crippen LogP contribution in [0.2, 0.25) is 0 Å². The SMILES string of the molecule is CCC(O)CN1CCN(c2nc3ccccc3[nH]2)CC1. The van der Waals surface area contributed by atoms with Gasteiger partial charge in [-0.3, -0.25) is 4.90 Å². The second kappa shape index (κ2) is 5.81. The average molecular weight is 274 g/mol. The highest BCUT2D eigenvalue weighted by Gasteiger charge is 2.20. The van der Waals surface area contributed by atoms with Crippen molar-refractivity contribution in [2.45, 2.75) is 19.4 Å². The molecule has 1 aromatic heterocycles. The van der Waals surface area contributed by atoms with E-state index in [0.717, 1.165) is 56.1 Å².